The molecule has 0 N–H and O–H groups in total. The van der Waals surface area contributed by atoms with Crippen LogP contribution in [0.3, 0.4) is 0 Å². The summed E-state index contributed by atoms with van der Waals surface area (Å²) in [4.78, 5) is 0. The molecule has 2 unspecified atom stereocenters. The summed E-state index contributed by atoms with van der Waals surface area (Å²) < 4.78 is 0. The highest BCUT2D eigenvalue weighted by molar-refractivity contribution is 7.99. The maximum absolute atomic E-state index is 6.10. The Morgan fingerprint density at radius 3 is 2.83 bits per heavy atom. The molecule has 0 saturated heterocycles. The van der Waals surface area contributed by atoms with Gasteiger partial charge in [0.25, 0.3) is 0 Å². The van der Waals surface area contributed by atoms with Gasteiger partial charge in [0.2, 0.25) is 0 Å². The molecule has 2 heteroatoms. The zero-order chi connectivity index (χ0) is 9.03. The number of alkyl halides is 1. The molecule has 1 aliphatic rings. The van der Waals surface area contributed by atoms with Crippen molar-refractivity contribution >= 4 is 23.4 Å². The largest absolute Gasteiger partial charge is 0.162 e. The van der Waals surface area contributed by atoms with Crippen LogP contribution >= 0.6 is 23.4 Å². The van der Waals surface area contributed by atoms with Gasteiger partial charge in [0, 0.05) is 5.38 Å². The van der Waals surface area contributed by atoms with Gasteiger partial charge < -0.3 is 0 Å². The molecule has 0 nitrogen and oxygen atoms in total. The van der Waals surface area contributed by atoms with E-state index < -0.39 is 0 Å². The van der Waals surface area contributed by atoms with E-state index in [0.29, 0.717) is 10.8 Å². The molecular formula is C10H19ClS. The van der Waals surface area contributed by atoms with Gasteiger partial charge in [0.15, 0.2) is 0 Å². The van der Waals surface area contributed by atoms with Gasteiger partial charge in [-0.15, -0.1) is 11.6 Å². The van der Waals surface area contributed by atoms with Crippen LogP contribution in [0.1, 0.15) is 39.5 Å². The Hall–Kier alpha value is 0.640. The van der Waals surface area contributed by atoms with Crippen LogP contribution in [-0.4, -0.2) is 16.9 Å². The molecule has 0 aromatic rings. The van der Waals surface area contributed by atoms with Gasteiger partial charge in [-0.25, -0.2) is 0 Å². The van der Waals surface area contributed by atoms with Crippen LogP contribution in [-0.2, 0) is 0 Å². The van der Waals surface area contributed by atoms with E-state index in [1.54, 1.807) is 0 Å². The van der Waals surface area contributed by atoms with Crippen LogP contribution in [0.25, 0.3) is 0 Å². The predicted octanol–water partition coefficient (Wildman–Crippen LogP) is 3.93. The second-order valence-corrected chi connectivity index (χ2v) is 6.11. The Morgan fingerprint density at radius 2 is 2.33 bits per heavy atom. The lowest BCUT2D eigenvalue weighted by molar-refractivity contribution is 0.327. The maximum atomic E-state index is 6.10. The number of hydrogen-bond acceptors (Lipinski definition) is 1. The topological polar surface area (TPSA) is 0 Å². The summed E-state index contributed by atoms with van der Waals surface area (Å²) in [7, 11) is 0. The molecule has 0 heterocycles. The van der Waals surface area contributed by atoms with Crippen LogP contribution in [0, 0.1) is 5.41 Å². The Balaban J connectivity index is 2.21. The van der Waals surface area contributed by atoms with Crippen molar-refractivity contribution in [2.24, 2.45) is 5.41 Å². The van der Waals surface area contributed by atoms with E-state index in [0.717, 1.165) is 0 Å². The number of rotatable bonds is 4. The van der Waals surface area contributed by atoms with Gasteiger partial charge in [-0.3, -0.25) is 0 Å². The van der Waals surface area contributed by atoms with E-state index in [2.05, 4.69) is 25.6 Å². The molecule has 0 amide bonds. The fourth-order valence-electron chi connectivity index (χ4n) is 1.93. The Kier molecular flexibility index (Phi) is 4.25. The first-order chi connectivity index (χ1) is 5.66. The van der Waals surface area contributed by atoms with Crippen molar-refractivity contribution in [3.8, 4) is 0 Å². The molecular weight excluding hydrogens is 188 g/mol. The number of thioether (sulfide) groups is 1. The molecule has 1 saturated carbocycles. The van der Waals surface area contributed by atoms with Crippen molar-refractivity contribution in [3.63, 3.8) is 0 Å². The Bertz CT molecular complexity index is 138. The van der Waals surface area contributed by atoms with Gasteiger partial charge in [0.1, 0.15) is 0 Å². The zero-order valence-electron chi connectivity index (χ0n) is 8.11. The van der Waals surface area contributed by atoms with Crippen LogP contribution < -0.4 is 0 Å². The van der Waals surface area contributed by atoms with Gasteiger partial charge in [-0.2, -0.15) is 11.8 Å². The Morgan fingerprint density at radius 1 is 1.58 bits per heavy atom. The maximum Gasteiger partial charge on any atom is 0.0341 e. The fourth-order valence-corrected chi connectivity index (χ4v) is 3.34. The highest BCUT2D eigenvalue weighted by Crippen LogP contribution is 2.43. The Labute approximate surface area is 85.4 Å². The lowest BCUT2D eigenvalue weighted by atomic mass is 9.86. The summed E-state index contributed by atoms with van der Waals surface area (Å²) in [5.41, 5.74) is 0.564. The minimum atomic E-state index is 0.460. The first-order valence-corrected chi connectivity index (χ1v) is 6.47. The monoisotopic (exact) mass is 206 g/mol. The second-order valence-electron chi connectivity index (χ2n) is 4.10. The number of halogens is 1. The molecule has 0 aromatic heterocycles. The molecule has 72 valence electrons. The molecule has 12 heavy (non-hydrogen) atoms. The summed E-state index contributed by atoms with van der Waals surface area (Å²) in [6.45, 7) is 4.62. The van der Waals surface area contributed by atoms with Crippen molar-refractivity contribution in [2.75, 3.05) is 11.5 Å². The molecule has 0 radical (unpaired) electrons. The van der Waals surface area contributed by atoms with Crippen molar-refractivity contribution in [1.82, 2.24) is 0 Å². The molecule has 0 aliphatic heterocycles. The van der Waals surface area contributed by atoms with Crippen molar-refractivity contribution in [1.29, 1.82) is 0 Å². The van der Waals surface area contributed by atoms with E-state index in [4.69, 9.17) is 11.6 Å². The normalized spacial score (nSPS) is 35.8. The third-order valence-electron chi connectivity index (χ3n) is 2.83. The van der Waals surface area contributed by atoms with Crippen molar-refractivity contribution in [3.05, 3.63) is 0 Å². The summed E-state index contributed by atoms with van der Waals surface area (Å²) in [6.07, 6.45) is 5.16. The first kappa shape index (κ1) is 10.7. The van der Waals surface area contributed by atoms with Gasteiger partial charge in [-0.05, 0) is 42.6 Å². The molecule has 2 atom stereocenters. The minimum absolute atomic E-state index is 0.460. The fraction of sp³-hybridized carbons (Fsp3) is 1.00. The van der Waals surface area contributed by atoms with Crippen LogP contribution in [0.15, 0.2) is 0 Å². The summed E-state index contributed by atoms with van der Waals surface area (Å²) >= 11 is 8.15. The highest BCUT2D eigenvalue weighted by Gasteiger charge is 2.33. The predicted molar refractivity (Wildman–Crippen MR) is 59.2 cm³/mol. The third-order valence-corrected chi connectivity index (χ3v) is 4.10. The smallest absolute Gasteiger partial charge is 0.0341 e. The molecule has 1 fully saturated rings. The zero-order valence-corrected chi connectivity index (χ0v) is 9.68. The average Bonchev–Trinajstić information content (AvgIpc) is 2.32. The first-order valence-electron chi connectivity index (χ1n) is 4.88. The summed E-state index contributed by atoms with van der Waals surface area (Å²) in [5, 5.41) is 0.460. The van der Waals surface area contributed by atoms with Gasteiger partial charge >= 0.3 is 0 Å². The van der Waals surface area contributed by atoms with E-state index in [9.17, 15) is 0 Å². The van der Waals surface area contributed by atoms with E-state index in [1.807, 2.05) is 0 Å². The lowest BCUT2D eigenvalue weighted by Crippen LogP contribution is -2.13. The quantitative estimate of drug-likeness (QED) is 0.496. The van der Waals surface area contributed by atoms with Gasteiger partial charge in [-0.1, -0.05) is 13.8 Å². The van der Waals surface area contributed by atoms with E-state index >= 15 is 0 Å². The summed E-state index contributed by atoms with van der Waals surface area (Å²) in [6, 6.07) is 0. The third kappa shape index (κ3) is 3.18. The van der Waals surface area contributed by atoms with Gasteiger partial charge in [0.05, 0.1) is 0 Å². The van der Waals surface area contributed by atoms with Crippen molar-refractivity contribution in [2.45, 2.75) is 44.9 Å². The molecule has 0 aromatic carbocycles. The SMILES string of the molecule is CCSCCC1(C)CCC(Cl)C1. The van der Waals surface area contributed by atoms with E-state index in [-0.39, 0.29) is 0 Å². The average molecular weight is 207 g/mol. The molecule has 0 spiro atoms. The number of hydrogen-bond donors (Lipinski definition) is 0. The molecule has 0 bridgehead atoms. The molecule has 1 aliphatic carbocycles. The lowest BCUT2D eigenvalue weighted by Gasteiger charge is -2.22. The second kappa shape index (κ2) is 4.76. The van der Waals surface area contributed by atoms with Crippen LogP contribution in [0.2, 0.25) is 0 Å². The van der Waals surface area contributed by atoms with Crippen LogP contribution in [0.4, 0.5) is 0 Å². The van der Waals surface area contributed by atoms with Crippen LogP contribution in [0.5, 0.6) is 0 Å². The minimum Gasteiger partial charge on any atom is -0.162 e. The summed E-state index contributed by atoms with van der Waals surface area (Å²) in [5.74, 6) is 2.57. The van der Waals surface area contributed by atoms with E-state index in [1.165, 1.54) is 37.2 Å². The highest BCUT2D eigenvalue weighted by atomic mass is 35.5. The van der Waals surface area contributed by atoms with Crippen molar-refractivity contribution < 1.29 is 0 Å². The molecule has 1 rings (SSSR count). The standard InChI is InChI=1S/C10H19ClS/c1-3-12-7-6-10(2)5-4-9(11)8-10/h9H,3-8H2,1-2H3.